The van der Waals surface area contributed by atoms with E-state index in [2.05, 4.69) is 27.2 Å². The topological polar surface area (TPSA) is 49.8 Å². The van der Waals surface area contributed by atoms with Gasteiger partial charge in [-0.25, -0.2) is 4.98 Å². The van der Waals surface area contributed by atoms with Gasteiger partial charge in [0.2, 0.25) is 0 Å². The van der Waals surface area contributed by atoms with Crippen LogP contribution in [0.3, 0.4) is 0 Å². The monoisotopic (exact) mass is 328 g/mol. The van der Waals surface area contributed by atoms with Gasteiger partial charge in [-0.05, 0) is 12.8 Å². The van der Waals surface area contributed by atoms with Gasteiger partial charge >= 0.3 is 0 Å². The summed E-state index contributed by atoms with van der Waals surface area (Å²) in [5, 5.41) is 5.45. The number of rotatable bonds is 7. The first-order valence-electron chi connectivity index (χ1n) is 7.31. The average molecular weight is 329 g/mol. The van der Waals surface area contributed by atoms with Crippen LogP contribution in [0.2, 0.25) is 0 Å². The second-order valence-electron chi connectivity index (χ2n) is 5.08. The van der Waals surface area contributed by atoms with E-state index in [0.717, 1.165) is 55.2 Å². The first kappa shape index (κ1) is 16.6. The van der Waals surface area contributed by atoms with Gasteiger partial charge in [0.05, 0.1) is 6.61 Å². The highest BCUT2D eigenvalue weighted by atomic mass is 32.2. The van der Waals surface area contributed by atoms with Gasteiger partial charge in [0.1, 0.15) is 4.34 Å². The fourth-order valence-electron chi connectivity index (χ4n) is 2.30. The third kappa shape index (κ3) is 5.84. The molecule has 2 heterocycles. The summed E-state index contributed by atoms with van der Waals surface area (Å²) in [6, 6.07) is 0. The molecule has 0 bridgehead atoms. The molecule has 2 rings (SSSR count). The van der Waals surface area contributed by atoms with Crippen molar-refractivity contribution in [3.8, 4) is 0 Å². The fourth-order valence-corrected chi connectivity index (χ4v) is 3.95. The van der Waals surface area contributed by atoms with Gasteiger partial charge in [0.15, 0.2) is 5.96 Å². The van der Waals surface area contributed by atoms with Crippen LogP contribution in [-0.4, -0.2) is 62.0 Å². The van der Waals surface area contributed by atoms with Gasteiger partial charge in [-0.1, -0.05) is 11.8 Å². The number of hydrogen-bond acceptors (Lipinski definition) is 5. The summed E-state index contributed by atoms with van der Waals surface area (Å²) in [6.07, 6.45) is 4.12. The summed E-state index contributed by atoms with van der Waals surface area (Å²) in [7, 11) is 3.94. The fraction of sp³-hybridized carbons (Fsp3) is 0.714. The lowest BCUT2D eigenvalue weighted by Crippen LogP contribution is -2.41. The number of guanidine groups is 1. The Kier molecular flexibility index (Phi) is 7.32. The SMILES string of the molecule is CN=C(NCCCSc1nccs1)N(C)CC1CCOC1. The predicted octanol–water partition coefficient (Wildman–Crippen LogP) is 2.17. The molecule has 0 spiro atoms. The van der Waals surface area contributed by atoms with Crippen LogP contribution < -0.4 is 5.32 Å². The first-order valence-corrected chi connectivity index (χ1v) is 9.18. The number of nitrogens with zero attached hydrogens (tertiary/aromatic N) is 3. The molecule has 1 saturated heterocycles. The third-order valence-corrected chi connectivity index (χ3v) is 5.42. The van der Waals surface area contributed by atoms with Crippen molar-refractivity contribution in [1.29, 1.82) is 0 Å². The lowest BCUT2D eigenvalue weighted by molar-refractivity contribution is 0.181. The highest BCUT2D eigenvalue weighted by molar-refractivity contribution is 8.00. The van der Waals surface area contributed by atoms with E-state index in [4.69, 9.17) is 4.74 Å². The zero-order valence-electron chi connectivity index (χ0n) is 12.7. The minimum atomic E-state index is 0.633. The van der Waals surface area contributed by atoms with Crippen LogP contribution in [0.25, 0.3) is 0 Å². The number of ether oxygens (including phenoxy) is 1. The van der Waals surface area contributed by atoms with Crippen molar-refractivity contribution < 1.29 is 4.74 Å². The summed E-state index contributed by atoms with van der Waals surface area (Å²) in [5.74, 6) is 2.69. The maximum atomic E-state index is 5.43. The molecule has 1 unspecified atom stereocenters. The Morgan fingerprint density at radius 2 is 2.57 bits per heavy atom. The van der Waals surface area contributed by atoms with E-state index in [1.54, 1.807) is 11.3 Å². The normalized spacial score (nSPS) is 19.0. The van der Waals surface area contributed by atoms with Crippen molar-refractivity contribution in [2.75, 3.05) is 46.2 Å². The molecule has 0 aromatic carbocycles. The van der Waals surface area contributed by atoms with E-state index in [0.29, 0.717) is 5.92 Å². The van der Waals surface area contributed by atoms with Crippen molar-refractivity contribution in [2.45, 2.75) is 17.2 Å². The Labute approximate surface area is 135 Å². The van der Waals surface area contributed by atoms with Crippen LogP contribution in [0, 0.1) is 5.92 Å². The Hall–Kier alpha value is -0.790. The highest BCUT2D eigenvalue weighted by Gasteiger charge is 2.18. The quantitative estimate of drug-likeness (QED) is 0.360. The number of aliphatic imine (C=N–C) groups is 1. The number of thiazole rings is 1. The van der Waals surface area contributed by atoms with Crippen LogP contribution in [0.15, 0.2) is 20.9 Å². The summed E-state index contributed by atoms with van der Waals surface area (Å²) >= 11 is 3.52. The summed E-state index contributed by atoms with van der Waals surface area (Å²) in [6.45, 7) is 3.73. The molecule has 1 aromatic heterocycles. The zero-order chi connectivity index (χ0) is 14.9. The van der Waals surface area contributed by atoms with Crippen LogP contribution in [0.4, 0.5) is 0 Å². The van der Waals surface area contributed by atoms with E-state index < -0.39 is 0 Å². The standard InChI is InChI=1S/C14H24N4OS2/c1-15-13(18(2)10-12-4-7-19-11-12)16-5-3-8-20-14-17-6-9-21-14/h6,9,12H,3-5,7-8,10-11H2,1-2H3,(H,15,16). The molecule has 21 heavy (non-hydrogen) atoms. The Morgan fingerprint density at radius 1 is 1.67 bits per heavy atom. The van der Waals surface area contributed by atoms with Crippen molar-refractivity contribution in [3.63, 3.8) is 0 Å². The van der Waals surface area contributed by atoms with Gasteiger partial charge in [0.25, 0.3) is 0 Å². The zero-order valence-corrected chi connectivity index (χ0v) is 14.4. The number of nitrogens with one attached hydrogen (secondary N) is 1. The average Bonchev–Trinajstić information content (AvgIpc) is 3.16. The second kappa shape index (κ2) is 9.27. The van der Waals surface area contributed by atoms with Gasteiger partial charge in [0, 0.05) is 57.0 Å². The van der Waals surface area contributed by atoms with Crippen molar-refractivity contribution in [3.05, 3.63) is 11.6 Å². The molecular weight excluding hydrogens is 304 g/mol. The van der Waals surface area contributed by atoms with Crippen LogP contribution in [0.1, 0.15) is 12.8 Å². The number of thioether (sulfide) groups is 1. The van der Waals surface area contributed by atoms with Crippen LogP contribution in [-0.2, 0) is 4.74 Å². The molecular formula is C14H24N4OS2. The third-order valence-electron chi connectivity index (χ3n) is 3.37. The summed E-state index contributed by atoms with van der Waals surface area (Å²) in [4.78, 5) is 10.8. The second-order valence-corrected chi connectivity index (χ2v) is 7.32. The molecule has 1 N–H and O–H groups in total. The minimum Gasteiger partial charge on any atom is -0.381 e. The van der Waals surface area contributed by atoms with Gasteiger partial charge in [-0.15, -0.1) is 11.3 Å². The van der Waals surface area contributed by atoms with E-state index in [1.807, 2.05) is 30.4 Å². The molecule has 1 aliphatic rings. The Balaban J connectivity index is 1.60. The largest absolute Gasteiger partial charge is 0.381 e. The molecule has 1 fully saturated rings. The molecule has 1 atom stereocenters. The minimum absolute atomic E-state index is 0.633. The molecule has 1 aromatic rings. The highest BCUT2D eigenvalue weighted by Crippen LogP contribution is 2.20. The van der Waals surface area contributed by atoms with E-state index in [-0.39, 0.29) is 0 Å². The molecule has 0 saturated carbocycles. The van der Waals surface area contributed by atoms with Crippen LogP contribution in [0.5, 0.6) is 0 Å². The summed E-state index contributed by atoms with van der Waals surface area (Å²) < 4.78 is 6.58. The maximum absolute atomic E-state index is 5.43. The van der Waals surface area contributed by atoms with Crippen molar-refractivity contribution >= 4 is 29.1 Å². The molecule has 1 aliphatic heterocycles. The molecule has 0 aliphatic carbocycles. The van der Waals surface area contributed by atoms with Gasteiger partial charge in [-0.3, -0.25) is 4.99 Å². The molecule has 7 heteroatoms. The van der Waals surface area contributed by atoms with E-state index in [9.17, 15) is 0 Å². The molecule has 5 nitrogen and oxygen atoms in total. The van der Waals surface area contributed by atoms with E-state index in [1.165, 1.54) is 0 Å². The van der Waals surface area contributed by atoms with Crippen molar-refractivity contribution in [1.82, 2.24) is 15.2 Å². The molecule has 0 amide bonds. The lowest BCUT2D eigenvalue weighted by Gasteiger charge is -2.24. The maximum Gasteiger partial charge on any atom is 0.193 e. The van der Waals surface area contributed by atoms with E-state index >= 15 is 0 Å². The number of hydrogen-bond donors (Lipinski definition) is 1. The van der Waals surface area contributed by atoms with Gasteiger partial charge < -0.3 is 15.0 Å². The Morgan fingerprint density at radius 3 is 3.24 bits per heavy atom. The first-order chi connectivity index (χ1) is 10.3. The van der Waals surface area contributed by atoms with Crippen molar-refractivity contribution in [2.24, 2.45) is 10.9 Å². The number of aromatic nitrogens is 1. The summed E-state index contributed by atoms with van der Waals surface area (Å²) in [5.41, 5.74) is 0. The Bertz CT molecular complexity index is 419. The smallest absolute Gasteiger partial charge is 0.193 e. The van der Waals surface area contributed by atoms with Crippen LogP contribution >= 0.6 is 23.1 Å². The predicted molar refractivity (Wildman–Crippen MR) is 90.4 cm³/mol. The van der Waals surface area contributed by atoms with Gasteiger partial charge in [-0.2, -0.15) is 0 Å². The molecule has 118 valence electrons. The molecule has 0 radical (unpaired) electrons. The lowest BCUT2D eigenvalue weighted by atomic mass is 10.1.